The number of ether oxygens (including phenoxy) is 1. The van der Waals surface area contributed by atoms with Crippen LogP contribution in [0.15, 0.2) is 53.0 Å². The molecule has 0 spiro atoms. The molecule has 0 bridgehead atoms. The summed E-state index contributed by atoms with van der Waals surface area (Å²) in [5.41, 5.74) is 2.00. The highest BCUT2D eigenvalue weighted by atomic mass is 79.9. The molecule has 2 aromatic rings. The summed E-state index contributed by atoms with van der Waals surface area (Å²) in [5.74, 6) is 0.548. The van der Waals surface area contributed by atoms with Gasteiger partial charge >= 0.3 is 0 Å². The number of rotatable bonds is 5. The van der Waals surface area contributed by atoms with Crippen molar-refractivity contribution in [2.75, 3.05) is 36.5 Å². The average Bonchev–Trinajstić information content (AvgIpc) is 3.16. The molecular formula is C23H26BrN3O3. The molecule has 158 valence electrons. The van der Waals surface area contributed by atoms with E-state index in [9.17, 15) is 9.59 Å². The van der Waals surface area contributed by atoms with Crippen molar-refractivity contribution >= 4 is 39.1 Å². The lowest BCUT2D eigenvalue weighted by atomic mass is 10.0. The fourth-order valence-electron chi connectivity index (χ4n) is 4.17. The number of amides is 2. The zero-order valence-electron chi connectivity index (χ0n) is 17.0. The first-order chi connectivity index (χ1) is 14.5. The number of piperidine rings is 1. The lowest BCUT2D eigenvalue weighted by molar-refractivity contribution is -0.127. The highest BCUT2D eigenvalue weighted by Crippen LogP contribution is 2.28. The molecule has 0 aromatic heterocycles. The predicted octanol–water partition coefficient (Wildman–Crippen LogP) is 3.60. The van der Waals surface area contributed by atoms with Gasteiger partial charge in [0.25, 0.3) is 0 Å². The zero-order chi connectivity index (χ0) is 21.1. The van der Waals surface area contributed by atoms with E-state index >= 15 is 0 Å². The molecule has 0 radical (unpaired) electrons. The summed E-state index contributed by atoms with van der Waals surface area (Å²) in [6.45, 7) is 2.22. The van der Waals surface area contributed by atoms with E-state index < -0.39 is 0 Å². The normalized spacial score (nSPS) is 19.8. The fourth-order valence-corrected chi connectivity index (χ4v) is 4.56. The molecule has 6 nitrogen and oxygen atoms in total. The third-order valence-corrected chi connectivity index (χ3v) is 6.39. The third kappa shape index (κ3) is 4.61. The minimum absolute atomic E-state index is 0.00238. The Morgan fingerprint density at radius 2 is 1.83 bits per heavy atom. The number of nitrogens with one attached hydrogen (secondary N) is 1. The molecule has 30 heavy (non-hydrogen) atoms. The molecule has 2 amide bonds. The van der Waals surface area contributed by atoms with E-state index in [1.807, 2.05) is 36.4 Å². The van der Waals surface area contributed by atoms with E-state index in [4.69, 9.17) is 4.74 Å². The van der Waals surface area contributed by atoms with Gasteiger partial charge in [-0.1, -0.05) is 22.0 Å². The molecule has 2 saturated heterocycles. The summed E-state index contributed by atoms with van der Waals surface area (Å²) in [7, 11) is 1.67. The monoisotopic (exact) mass is 471 g/mol. The van der Waals surface area contributed by atoms with E-state index in [2.05, 4.69) is 38.3 Å². The number of halogens is 1. The zero-order valence-corrected chi connectivity index (χ0v) is 18.6. The number of methoxy groups -OCH3 is 1. The molecule has 4 rings (SSSR count). The van der Waals surface area contributed by atoms with E-state index in [1.54, 1.807) is 12.0 Å². The second kappa shape index (κ2) is 9.08. The molecule has 2 aliphatic heterocycles. The Bertz CT molecular complexity index is 910. The van der Waals surface area contributed by atoms with Crippen molar-refractivity contribution in [3.63, 3.8) is 0 Å². The van der Waals surface area contributed by atoms with Crippen molar-refractivity contribution in [2.24, 2.45) is 5.92 Å². The predicted molar refractivity (Wildman–Crippen MR) is 121 cm³/mol. The van der Waals surface area contributed by atoms with Crippen LogP contribution in [0.3, 0.4) is 0 Å². The Kier molecular flexibility index (Phi) is 6.27. The fraction of sp³-hybridized carbons (Fsp3) is 0.391. The van der Waals surface area contributed by atoms with Crippen molar-refractivity contribution in [1.82, 2.24) is 5.32 Å². The summed E-state index contributed by atoms with van der Waals surface area (Å²) in [5, 5.41) is 3.18. The van der Waals surface area contributed by atoms with Gasteiger partial charge in [0.05, 0.1) is 13.0 Å². The maximum atomic E-state index is 12.8. The number of carbonyl (C=O) groups excluding carboxylic acids is 2. The molecule has 0 saturated carbocycles. The molecule has 1 atom stereocenters. The number of hydrogen-bond acceptors (Lipinski definition) is 4. The third-order valence-electron chi connectivity index (χ3n) is 5.89. The number of anilines is 2. The van der Waals surface area contributed by atoms with Crippen molar-refractivity contribution < 1.29 is 14.3 Å². The summed E-state index contributed by atoms with van der Waals surface area (Å²) < 4.78 is 6.14. The van der Waals surface area contributed by atoms with Crippen molar-refractivity contribution in [3.05, 3.63) is 53.0 Å². The van der Waals surface area contributed by atoms with Gasteiger partial charge in [-0.2, -0.15) is 0 Å². The Labute approximate surface area is 185 Å². The molecule has 0 aliphatic carbocycles. The van der Waals surface area contributed by atoms with Crippen LogP contribution in [-0.4, -0.2) is 44.6 Å². The van der Waals surface area contributed by atoms with Crippen molar-refractivity contribution in [1.29, 1.82) is 0 Å². The highest BCUT2D eigenvalue weighted by Gasteiger charge is 2.36. The van der Waals surface area contributed by atoms with Gasteiger partial charge in [0.1, 0.15) is 5.75 Å². The summed E-state index contributed by atoms with van der Waals surface area (Å²) in [6.07, 6.45) is 2.06. The molecule has 7 heteroatoms. The minimum atomic E-state index is -0.295. The minimum Gasteiger partial charge on any atom is -0.497 e. The van der Waals surface area contributed by atoms with Crippen LogP contribution in [0.2, 0.25) is 0 Å². The van der Waals surface area contributed by atoms with Gasteiger partial charge < -0.3 is 19.9 Å². The van der Waals surface area contributed by atoms with Gasteiger partial charge in [0.15, 0.2) is 0 Å². The lowest BCUT2D eigenvalue weighted by Gasteiger charge is -2.34. The SMILES string of the molecule is COc1ccc(N2CCC(NC(=O)C3CC(=O)N(c4cccc(Br)c4)C3)CC2)cc1. The number of nitrogens with zero attached hydrogens (tertiary/aromatic N) is 2. The first-order valence-corrected chi connectivity index (χ1v) is 11.1. The summed E-state index contributed by atoms with van der Waals surface area (Å²) >= 11 is 3.44. The van der Waals surface area contributed by atoms with Crippen LogP contribution in [-0.2, 0) is 9.59 Å². The Balaban J connectivity index is 1.29. The molecule has 2 aliphatic rings. The van der Waals surface area contributed by atoms with Crippen LogP contribution in [0.25, 0.3) is 0 Å². The number of hydrogen-bond donors (Lipinski definition) is 1. The van der Waals surface area contributed by atoms with Crippen LogP contribution in [0.1, 0.15) is 19.3 Å². The van der Waals surface area contributed by atoms with E-state index in [-0.39, 0.29) is 30.2 Å². The van der Waals surface area contributed by atoms with Gasteiger partial charge in [0.2, 0.25) is 11.8 Å². The molecular weight excluding hydrogens is 446 g/mol. The molecule has 2 heterocycles. The molecule has 1 unspecified atom stereocenters. The maximum absolute atomic E-state index is 12.8. The van der Waals surface area contributed by atoms with Gasteiger partial charge in [0, 0.05) is 47.9 Å². The van der Waals surface area contributed by atoms with Gasteiger partial charge in [-0.15, -0.1) is 0 Å². The highest BCUT2D eigenvalue weighted by molar-refractivity contribution is 9.10. The smallest absolute Gasteiger partial charge is 0.227 e. The van der Waals surface area contributed by atoms with E-state index in [0.29, 0.717) is 6.54 Å². The van der Waals surface area contributed by atoms with Crippen LogP contribution >= 0.6 is 15.9 Å². The number of carbonyl (C=O) groups is 2. The van der Waals surface area contributed by atoms with E-state index in [0.717, 1.165) is 41.8 Å². The maximum Gasteiger partial charge on any atom is 0.227 e. The average molecular weight is 472 g/mol. The summed E-state index contributed by atoms with van der Waals surface area (Å²) in [6, 6.07) is 15.9. The van der Waals surface area contributed by atoms with Gasteiger partial charge in [-0.3, -0.25) is 9.59 Å². The van der Waals surface area contributed by atoms with Gasteiger partial charge in [-0.25, -0.2) is 0 Å². The Hall–Kier alpha value is -2.54. The first-order valence-electron chi connectivity index (χ1n) is 10.3. The molecule has 2 aromatic carbocycles. The van der Waals surface area contributed by atoms with Crippen LogP contribution < -0.4 is 19.9 Å². The first kappa shape index (κ1) is 20.7. The second-order valence-corrected chi connectivity index (χ2v) is 8.77. The van der Waals surface area contributed by atoms with Crippen LogP contribution in [0, 0.1) is 5.92 Å². The largest absolute Gasteiger partial charge is 0.497 e. The van der Waals surface area contributed by atoms with Crippen LogP contribution in [0.5, 0.6) is 5.75 Å². The topological polar surface area (TPSA) is 61.9 Å². The second-order valence-electron chi connectivity index (χ2n) is 7.85. The van der Waals surface area contributed by atoms with Crippen molar-refractivity contribution in [2.45, 2.75) is 25.3 Å². The van der Waals surface area contributed by atoms with Gasteiger partial charge in [-0.05, 0) is 55.3 Å². The lowest BCUT2D eigenvalue weighted by Crippen LogP contribution is -2.46. The standard InChI is InChI=1S/C23H26BrN3O3/c1-30-21-7-5-19(6-8-21)26-11-9-18(10-12-26)25-23(29)16-13-22(28)27(15-16)20-4-2-3-17(24)14-20/h2-8,14,16,18H,9-13,15H2,1H3,(H,25,29). The van der Waals surface area contributed by atoms with Crippen molar-refractivity contribution in [3.8, 4) is 5.75 Å². The Morgan fingerprint density at radius 3 is 2.50 bits per heavy atom. The number of benzene rings is 2. The summed E-state index contributed by atoms with van der Waals surface area (Å²) in [4.78, 5) is 29.3. The molecule has 2 fully saturated rings. The quantitative estimate of drug-likeness (QED) is 0.723. The van der Waals surface area contributed by atoms with Crippen LogP contribution in [0.4, 0.5) is 11.4 Å². The Morgan fingerprint density at radius 1 is 1.10 bits per heavy atom. The molecule has 1 N–H and O–H groups in total. The van der Waals surface area contributed by atoms with E-state index in [1.165, 1.54) is 5.69 Å².